The molecule has 1 unspecified atom stereocenters. The first-order valence-corrected chi connectivity index (χ1v) is 6.09. The minimum Gasteiger partial charge on any atom is -0.467 e. The Bertz CT molecular complexity index is 456. The Morgan fingerprint density at radius 2 is 2.21 bits per heavy atom. The van der Waals surface area contributed by atoms with Gasteiger partial charge in [-0.1, -0.05) is 6.92 Å². The van der Waals surface area contributed by atoms with Gasteiger partial charge in [0, 0.05) is 26.7 Å². The van der Waals surface area contributed by atoms with Crippen LogP contribution in [0.3, 0.4) is 0 Å². The summed E-state index contributed by atoms with van der Waals surface area (Å²) >= 11 is 0. The Balaban J connectivity index is 2.69. The second kappa shape index (κ2) is 6.77. The zero-order valence-corrected chi connectivity index (χ0v) is 11.7. The average molecular weight is 268 g/mol. The fourth-order valence-electron chi connectivity index (χ4n) is 1.74. The number of hydrogen-bond acceptors (Lipinski definition) is 5. The SMILES string of the molecule is CCc1nn(C)cc1NCC(NC(C)=O)C(=O)OC. The van der Waals surface area contributed by atoms with Crippen LogP contribution in [0, 0.1) is 0 Å². The summed E-state index contributed by atoms with van der Waals surface area (Å²) in [6, 6.07) is -0.715. The summed E-state index contributed by atoms with van der Waals surface area (Å²) in [7, 11) is 3.12. The molecule has 1 amide bonds. The van der Waals surface area contributed by atoms with Crippen LogP contribution in [0.4, 0.5) is 5.69 Å². The third kappa shape index (κ3) is 4.27. The summed E-state index contributed by atoms with van der Waals surface area (Å²) in [5, 5.41) is 9.93. The van der Waals surface area contributed by atoms with Gasteiger partial charge in [0.2, 0.25) is 5.91 Å². The Kier molecular flexibility index (Phi) is 5.35. The molecular formula is C12H20N4O3. The maximum atomic E-state index is 11.5. The Hall–Kier alpha value is -2.05. The smallest absolute Gasteiger partial charge is 0.330 e. The number of aromatic nitrogens is 2. The number of ether oxygens (including phenoxy) is 1. The quantitative estimate of drug-likeness (QED) is 0.713. The van der Waals surface area contributed by atoms with E-state index in [-0.39, 0.29) is 12.5 Å². The summed E-state index contributed by atoms with van der Waals surface area (Å²) in [6.45, 7) is 3.61. The van der Waals surface area contributed by atoms with E-state index in [9.17, 15) is 9.59 Å². The molecule has 0 fully saturated rings. The number of carbonyl (C=O) groups is 2. The number of anilines is 1. The fraction of sp³-hybridized carbons (Fsp3) is 0.583. The highest BCUT2D eigenvalue weighted by Crippen LogP contribution is 2.13. The van der Waals surface area contributed by atoms with Crippen LogP contribution in [0.25, 0.3) is 0 Å². The number of amides is 1. The van der Waals surface area contributed by atoms with Gasteiger partial charge in [-0.2, -0.15) is 5.10 Å². The van der Waals surface area contributed by atoms with Gasteiger partial charge >= 0.3 is 5.97 Å². The first-order chi connectivity index (χ1) is 8.97. The van der Waals surface area contributed by atoms with Gasteiger partial charge in [-0.15, -0.1) is 0 Å². The van der Waals surface area contributed by atoms with Crippen LogP contribution in [0.2, 0.25) is 0 Å². The normalized spacial score (nSPS) is 11.8. The van der Waals surface area contributed by atoms with Crippen LogP contribution >= 0.6 is 0 Å². The monoisotopic (exact) mass is 268 g/mol. The van der Waals surface area contributed by atoms with E-state index in [0.29, 0.717) is 0 Å². The van der Waals surface area contributed by atoms with E-state index < -0.39 is 12.0 Å². The molecule has 1 aromatic heterocycles. The van der Waals surface area contributed by atoms with Crippen molar-refractivity contribution >= 4 is 17.6 Å². The molecule has 2 N–H and O–H groups in total. The molecule has 19 heavy (non-hydrogen) atoms. The Morgan fingerprint density at radius 1 is 1.53 bits per heavy atom. The van der Waals surface area contributed by atoms with Crippen molar-refractivity contribution in [2.45, 2.75) is 26.3 Å². The number of esters is 1. The third-order valence-electron chi connectivity index (χ3n) is 2.60. The molecule has 0 spiro atoms. The summed E-state index contributed by atoms with van der Waals surface area (Å²) in [6.07, 6.45) is 2.62. The molecule has 7 heteroatoms. The zero-order valence-electron chi connectivity index (χ0n) is 11.7. The number of aryl methyl sites for hydroxylation is 2. The number of hydrogen-bond donors (Lipinski definition) is 2. The third-order valence-corrected chi connectivity index (χ3v) is 2.60. The number of rotatable bonds is 6. The van der Waals surface area contributed by atoms with Gasteiger partial charge in [0.15, 0.2) is 0 Å². The van der Waals surface area contributed by atoms with Crippen molar-refractivity contribution in [3.05, 3.63) is 11.9 Å². The summed E-state index contributed by atoms with van der Waals surface area (Å²) < 4.78 is 6.35. The minimum absolute atomic E-state index is 0.255. The van der Waals surface area contributed by atoms with Crippen molar-refractivity contribution in [3.63, 3.8) is 0 Å². The van der Waals surface area contributed by atoms with Gasteiger partial charge in [0.05, 0.1) is 18.5 Å². The molecule has 1 atom stereocenters. The summed E-state index contributed by atoms with van der Waals surface area (Å²) in [4.78, 5) is 22.6. The van der Waals surface area contributed by atoms with Crippen molar-refractivity contribution in [1.29, 1.82) is 0 Å². The lowest BCUT2D eigenvalue weighted by Crippen LogP contribution is -2.45. The molecule has 0 radical (unpaired) electrons. The first kappa shape index (κ1) is 15.0. The molecule has 1 rings (SSSR count). The highest BCUT2D eigenvalue weighted by Gasteiger charge is 2.20. The van der Waals surface area contributed by atoms with E-state index in [1.165, 1.54) is 14.0 Å². The van der Waals surface area contributed by atoms with Crippen LogP contribution in [-0.4, -0.2) is 41.4 Å². The number of nitrogens with zero attached hydrogens (tertiary/aromatic N) is 2. The van der Waals surface area contributed by atoms with E-state index >= 15 is 0 Å². The molecule has 0 saturated heterocycles. The molecule has 1 heterocycles. The van der Waals surface area contributed by atoms with Crippen LogP contribution in [0.5, 0.6) is 0 Å². The fourth-order valence-corrected chi connectivity index (χ4v) is 1.74. The predicted molar refractivity (Wildman–Crippen MR) is 70.7 cm³/mol. The van der Waals surface area contributed by atoms with Crippen LogP contribution in [-0.2, 0) is 27.8 Å². The lowest BCUT2D eigenvalue weighted by Gasteiger charge is -2.16. The van der Waals surface area contributed by atoms with Crippen molar-refractivity contribution in [1.82, 2.24) is 15.1 Å². The maximum Gasteiger partial charge on any atom is 0.330 e. The molecule has 0 aliphatic rings. The number of carbonyl (C=O) groups excluding carboxylic acids is 2. The van der Waals surface area contributed by atoms with Crippen molar-refractivity contribution < 1.29 is 14.3 Å². The van der Waals surface area contributed by atoms with Crippen molar-refractivity contribution in [2.24, 2.45) is 7.05 Å². The molecule has 7 nitrogen and oxygen atoms in total. The Labute approximate surface area is 112 Å². The topological polar surface area (TPSA) is 85.3 Å². The Morgan fingerprint density at radius 3 is 2.74 bits per heavy atom. The zero-order chi connectivity index (χ0) is 14.4. The van der Waals surface area contributed by atoms with Crippen LogP contribution in [0.1, 0.15) is 19.5 Å². The lowest BCUT2D eigenvalue weighted by atomic mass is 10.2. The van der Waals surface area contributed by atoms with Crippen LogP contribution in [0.15, 0.2) is 6.20 Å². The summed E-state index contributed by atoms with van der Waals surface area (Å²) in [5.74, 6) is -0.760. The number of methoxy groups -OCH3 is 1. The van der Waals surface area contributed by atoms with Gasteiger partial charge in [-0.05, 0) is 6.42 Å². The standard InChI is InChI=1S/C12H20N4O3/c1-5-9-11(7-16(3)15-9)13-6-10(12(18)19-4)14-8(2)17/h7,10,13H,5-6H2,1-4H3,(H,14,17). The number of nitrogens with one attached hydrogen (secondary N) is 2. The van der Waals surface area contributed by atoms with Gasteiger partial charge in [0.25, 0.3) is 0 Å². The van der Waals surface area contributed by atoms with E-state index in [2.05, 4.69) is 20.5 Å². The van der Waals surface area contributed by atoms with E-state index in [1.807, 2.05) is 20.2 Å². The predicted octanol–water partition coefficient (Wildman–Crippen LogP) is 0.0721. The molecule has 0 aliphatic carbocycles. The van der Waals surface area contributed by atoms with E-state index in [0.717, 1.165) is 17.8 Å². The maximum absolute atomic E-state index is 11.5. The first-order valence-electron chi connectivity index (χ1n) is 6.09. The van der Waals surface area contributed by atoms with E-state index in [1.54, 1.807) is 4.68 Å². The molecule has 1 aromatic rings. The minimum atomic E-state index is -0.715. The average Bonchev–Trinajstić information content (AvgIpc) is 2.73. The van der Waals surface area contributed by atoms with Gasteiger partial charge in [-0.3, -0.25) is 9.48 Å². The lowest BCUT2D eigenvalue weighted by molar-refractivity contribution is -0.144. The molecule has 0 aromatic carbocycles. The molecule has 106 valence electrons. The highest BCUT2D eigenvalue weighted by atomic mass is 16.5. The molecular weight excluding hydrogens is 248 g/mol. The highest BCUT2D eigenvalue weighted by molar-refractivity contribution is 5.83. The largest absolute Gasteiger partial charge is 0.467 e. The molecule has 0 aliphatic heterocycles. The van der Waals surface area contributed by atoms with Crippen molar-refractivity contribution in [2.75, 3.05) is 19.0 Å². The molecule has 0 saturated carbocycles. The van der Waals surface area contributed by atoms with Crippen molar-refractivity contribution in [3.8, 4) is 0 Å². The van der Waals surface area contributed by atoms with Gasteiger partial charge in [-0.25, -0.2) is 4.79 Å². The van der Waals surface area contributed by atoms with Gasteiger partial charge < -0.3 is 15.4 Å². The second-order valence-electron chi connectivity index (χ2n) is 4.17. The summed E-state index contributed by atoms with van der Waals surface area (Å²) in [5.41, 5.74) is 1.76. The second-order valence-corrected chi connectivity index (χ2v) is 4.17. The van der Waals surface area contributed by atoms with Crippen LogP contribution < -0.4 is 10.6 Å². The molecule has 0 bridgehead atoms. The van der Waals surface area contributed by atoms with E-state index in [4.69, 9.17) is 0 Å². The van der Waals surface area contributed by atoms with Gasteiger partial charge in [0.1, 0.15) is 6.04 Å².